The molecular weight excluding hydrogens is 337 g/mol. The third kappa shape index (κ3) is 4.96. The first-order valence-electron chi connectivity index (χ1n) is 9.03. The molecule has 0 N–H and O–H groups in total. The van der Waals surface area contributed by atoms with Crippen LogP contribution in [0.15, 0.2) is 18.2 Å². The lowest BCUT2D eigenvalue weighted by Gasteiger charge is -2.38. The Bertz CT molecular complexity index is 668. The van der Waals surface area contributed by atoms with Gasteiger partial charge in [0.25, 0.3) is 0 Å². The summed E-state index contributed by atoms with van der Waals surface area (Å²) < 4.78 is 24.2. The van der Waals surface area contributed by atoms with E-state index in [1.807, 2.05) is 27.7 Å². The summed E-state index contributed by atoms with van der Waals surface area (Å²) in [5.74, 6) is -1.21. The molecule has 1 aliphatic heterocycles. The topological polar surface area (TPSA) is 55.8 Å². The molecule has 2 unspecified atom stereocenters. The lowest BCUT2D eigenvalue weighted by Crippen LogP contribution is -2.47. The van der Waals surface area contributed by atoms with Gasteiger partial charge in [-0.2, -0.15) is 0 Å². The van der Waals surface area contributed by atoms with Crippen molar-refractivity contribution in [2.75, 3.05) is 19.7 Å². The molecule has 1 aliphatic rings. The predicted octanol–water partition coefficient (Wildman–Crippen LogP) is 4.04. The van der Waals surface area contributed by atoms with Crippen molar-refractivity contribution >= 4 is 12.1 Å². The number of benzene rings is 1. The summed E-state index contributed by atoms with van der Waals surface area (Å²) in [4.78, 5) is 26.5. The minimum atomic E-state index is -0.587. The van der Waals surface area contributed by atoms with Crippen LogP contribution in [0.3, 0.4) is 0 Å². The van der Waals surface area contributed by atoms with Crippen LogP contribution in [-0.2, 0) is 14.3 Å². The molecule has 2 rings (SSSR count). The molecule has 1 aromatic rings. The van der Waals surface area contributed by atoms with Gasteiger partial charge in [0, 0.05) is 19.0 Å². The number of piperidine rings is 1. The van der Waals surface area contributed by atoms with Gasteiger partial charge in [-0.3, -0.25) is 4.79 Å². The number of aryl methyl sites for hydroxylation is 1. The second-order valence-corrected chi connectivity index (χ2v) is 7.68. The van der Waals surface area contributed by atoms with Crippen LogP contribution in [0.25, 0.3) is 0 Å². The smallest absolute Gasteiger partial charge is 0.410 e. The average molecular weight is 365 g/mol. The number of carbonyl (C=O) groups is 2. The molecule has 0 radical (unpaired) electrons. The Balaban J connectivity index is 2.29. The quantitative estimate of drug-likeness (QED) is 0.759. The van der Waals surface area contributed by atoms with Gasteiger partial charge in [0.05, 0.1) is 12.5 Å². The SMILES string of the molecule is CCOC(=O)C1CCN(C(=O)OC(C)(C)C)CC1c1ccc(F)cc1C. The van der Waals surface area contributed by atoms with E-state index in [2.05, 4.69) is 0 Å². The fourth-order valence-corrected chi connectivity index (χ4v) is 3.35. The molecule has 144 valence electrons. The van der Waals surface area contributed by atoms with Crippen molar-refractivity contribution in [1.29, 1.82) is 0 Å². The van der Waals surface area contributed by atoms with Crippen molar-refractivity contribution in [1.82, 2.24) is 4.90 Å². The van der Waals surface area contributed by atoms with E-state index in [1.165, 1.54) is 12.1 Å². The largest absolute Gasteiger partial charge is 0.466 e. The normalized spacial score (nSPS) is 20.6. The Morgan fingerprint density at radius 3 is 2.58 bits per heavy atom. The van der Waals surface area contributed by atoms with E-state index in [-0.39, 0.29) is 23.6 Å². The molecule has 2 atom stereocenters. The van der Waals surface area contributed by atoms with Crippen LogP contribution in [0.5, 0.6) is 0 Å². The van der Waals surface area contributed by atoms with Gasteiger partial charge in [-0.15, -0.1) is 0 Å². The fourth-order valence-electron chi connectivity index (χ4n) is 3.35. The lowest BCUT2D eigenvalue weighted by atomic mass is 9.79. The molecule has 5 nitrogen and oxygen atoms in total. The van der Waals surface area contributed by atoms with Crippen molar-refractivity contribution in [2.24, 2.45) is 5.92 Å². The number of ether oxygens (including phenoxy) is 2. The molecule has 0 bridgehead atoms. The number of likely N-dealkylation sites (tertiary alicyclic amines) is 1. The molecule has 1 heterocycles. The highest BCUT2D eigenvalue weighted by atomic mass is 19.1. The van der Waals surface area contributed by atoms with Gasteiger partial charge in [0.2, 0.25) is 0 Å². The summed E-state index contributed by atoms with van der Waals surface area (Å²) in [6.07, 6.45) is 0.0871. The highest BCUT2D eigenvalue weighted by molar-refractivity contribution is 5.75. The Morgan fingerprint density at radius 2 is 2.00 bits per heavy atom. The second kappa shape index (κ2) is 8.06. The maximum absolute atomic E-state index is 13.5. The summed E-state index contributed by atoms with van der Waals surface area (Å²) in [5, 5.41) is 0. The zero-order valence-electron chi connectivity index (χ0n) is 16.2. The Morgan fingerprint density at radius 1 is 1.31 bits per heavy atom. The van der Waals surface area contributed by atoms with Gasteiger partial charge in [-0.1, -0.05) is 6.07 Å². The Hall–Kier alpha value is -2.11. The van der Waals surface area contributed by atoms with E-state index in [0.29, 0.717) is 26.1 Å². The molecule has 1 fully saturated rings. The van der Waals surface area contributed by atoms with Gasteiger partial charge in [-0.25, -0.2) is 9.18 Å². The zero-order chi connectivity index (χ0) is 19.5. The molecule has 0 aliphatic carbocycles. The molecule has 0 spiro atoms. The van der Waals surface area contributed by atoms with Gasteiger partial charge < -0.3 is 14.4 Å². The second-order valence-electron chi connectivity index (χ2n) is 7.68. The van der Waals surface area contributed by atoms with Crippen LogP contribution in [0.4, 0.5) is 9.18 Å². The summed E-state index contributed by atoms with van der Waals surface area (Å²) in [6.45, 7) is 10.1. The Labute approximate surface area is 154 Å². The van der Waals surface area contributed by atoms with E-state index in [0.717, 1.165) is 11.1 Å². The third-order valence-electron chi connectivity index (χ3n) is 4.49. The summed E-state index contributed by atoms with van der Waals surface area (Å²) in [7, 11) is 0. The van der Waals surface area contributed by atoms with E-state index in [9.17, 15) is 14.0 Å². The number of amides is 1. The third-order valence-corrected chi connectivity index (χ3v) is 4.49. The van der Waals surface area contributed by atoms with E-state index in [1.54, 1.807) is 17.9 Å². The first-order valence-corrected chi connectivity index (χ1v) is 9.03. The Kier molecular flexibility index (Phi) is 6.26. The first-order chi connectivity index (χ1) is 12.1. The van der Waals surface area contributed by atoms with Crippen molar-refractivity contribution in [3.05, 3.63) is 35.1 Å². The summed E-state index contributed by atoms with van der Waals surface area (Å²) in [5.41, 5.74) is 1.03. The van der Waals surface area contributed by atoms with Crippen LogP contribution in [0.1, 0.15) is 51.2 Å². The van der Waals surface area contributed by atoms with Gasteiger partial charge >= 0.3 is 12.1 Å². The fraction of sp³-hybridized carbons (Fsp3) is 0.600. The van der Waals surface area contributed by atoms with Crippen molar-refractivity contribution in [3.8, 4) is 0 Å². The molecule has 1 aromatic carbocycles. The van der Waals surface area contributed by atoms with Crippen LogP contribution in [-0.4, -0.2) is 42.3 Å². The summed E-state index contributed by atoms with van der Waals surface area (Å²) in [6, 6.07) is 4.53. The molecule has 1 saturated heterocycles. The monoisotopic (exact) mass is 365 g/mol. The molecule has 1 amide bonds. The number of hydrogen-bond acceptors (Lipinski definition) is 4. The molecule has 0 saturated carbocycles. The van der Waals surface area contributed by atoms with Crippen molar-refractivity contribution < 1.29 is 23.5 Å². The number of rotatable bonds is 3. The van der Waals surface area contributed by atoms with Crippen LogP contribution in [0.2, 0.25) is 0 Å². The minimum absolute atomic E-state index is 0.254. The number of halogens is 1. The van der Waals surface area contributed by atoms with Crippen molar-refractivity contribution in [2.45, 2.75) is 52.6 Å². The predicted molar refractivity (Wildman–Crippen MR) is 96.4 cm³/mol. The van der Waals surface area contributed by atoms with E-state index < -0.39 is 11.7 Å². The minimum Gasteiger partial charge on any atom is -0.466 e. The molecule has 6 heteroatoms. The van der Waals surface area contributed by atoms with Crippen molar-refractivity contribution in [3.63, 3.8) is 0 Å². The van der Waals surface area contributed by atoms with Crippen LogP contribution >= 0.6 is 0 Å². The molecule has 0 aromatic heterocycles. The van der Waals surface area contributed by atoms with Crippen LogP contribution in [0, 0.1) is 18.7 Å². The van der Waals surface area contributed by atoms with E-state index >= 15 is 0 Å². The lowest BCUT2D eigenvalue weighted by molar-refractivity contribution is -0.150. The van der Waals surface area contributed by atoms with Gasteiger partial charge in [0.15, 0.2) is 0 Å². The number of esters is 1. The standard InChI is InChI=1S/C20H28FNO4/c1-6-25-18(23)16-9-10-22(19(24)26-20(3,4)5)12-17(16)15-8-7-14(21)11-13(15)2/h7-8,11,16-17H,6,9-10,12H2,1-5H3. The maximum atomic E-state index is 13.5. The summed E-state index contributed by atoms with van der Waals surface area (Å²) >= 11 is 0. The molecular formula is C20H28FNO4. The zero-order valence-corrected chi connectivity index (χ0v) is 16.2. The van der Waals surface area contributed by atoms with Gasteiger partial charge in [0.1, 0.15) is 11.4 Å². The van der Waals surface area contributed by atoms with E-state index in [4.69, 9.17) is 9.47 Å². The number of carbonyl (C=O) groups excluding carboxylic acids is 2. The maximum Gasteiger partial charge on any atom is 0.410 e. The highest BCUT2D eigenvalue weighted by Gasteiger charge is 2.39. The average Bonchev–Trinajstić information content (AvgIpc) is 2.53. The molecule has 26 heavy (non-hydrogen) atoms. The number of nitrogens with zero attached hydrogens (tertiary/aromatic N) is 1. The van der Waals surface area contributed by atoms with Crippen LogP contribution < -0.4 is 0 Å². The highest BCUT2D eigenvalue weighted by Crippen LogP contribution is 2.35. The van der Waals surface area contributed by atoms with Gasteiger partial charge in [-0.05, 0) is 64.3 Å². The number of hydrogen-bond donors (Lipinski definition) is 0. The first kappa shape index (κ1) is 20.2.